The lowest BCUT2D eigenvalue weighted by Gasteiger charge is -2.26. The van der Waals surface area contributed by atoms with E-state index in [1.807, 2.05) is 0 Å². The fourth-order valence-corrected chi connectivity index (χ4v) is 2.57. The molecule has 1 aromatic rings. The summed E-state index contributed by atoms with van der Waals surface area (Å²) in [4.78, 5) is 24.3. The van der Waals surface area contributed by atoms with Gasteiger partial charge in [-0.3, -0.25) is 4.79 Å². The van der Waals surface area contributed by atoms with Crippen LogP contribution >= 0.6 is 11.6 Å². The predicted molar refractivity (Wildman–Crippen MR) is 68.0 cm³/mol. The van der Waals surface area contributed by atoms with Gasteiger partial charge in [-0.1, -0.05) is 17.7 Å². The molecule has 0 spiro atoms. The number of hydrogen-bond acceptors (Lipinski definition) is 3. The number of primary amides is 1. The molecule has 5 nitrogen and oxygen atoms in total. The van der Waals surface area contributed by atoms with Crippen molar-refractivity contribution < 1.29 is 14.7 Å². The van der Waals surface area contributed by atoms with E-state index in [4.69, 9.17) is 17.3 Å². The zero-order valence-corrected chi connectivity index (χ0v) is 10.4. The summed E-state index contributed by atoms with van der Waals surface area (Å²) >= 11 is 5.91. The Bertz CT molecular complexity index is 504. The highest BCUT2D eigenvalue weighted by molar-refractivity contribution is 6.34. The fraction of sp³-hybridized carbons (Fsp3) is 0.333. The minimum absolute atomic E-state index is 0.0207. The summed E-state index contributed by atoms with van der Waals surface area (Å²) in [5.41, 5.74) is 5.80. The van der Waals surface area contributed by atoms with Crippen LogP contribution in [0, 0.1) is 0 Å². The van der Waals surface area contributed by atoms with Gasteiger partial charge in [0, 0.05) is 6.54 Å². The number of anilines is 1. The van der Waals surface area contributed by atoms with E-state index in [0.29, 0.717) is 18.7 Å². The van der Waals surface area contributed by atoms with Crippen LogP contribution in [0.25, 0.3) is 0 Å². The SMILES string of the molecule is NC(=O)C1CCCN1c1cccc(Cl)c1C(=O)O. The van der Waals surface area contributed by atoms with Crippen LogP contribution in [-0.4, -0.2) is 29.6 Å². The minimum Gasteiger partial charge on any atom is -0.478 e. The zero-order chi connectivity index (χ0) is 13.3. The van der Waals surface area contributed by atoms with Gasteiger partial charge in [-0.15, -0.1) is 0 Å². The largest absolute Gasteiger partial charge is 0.478 e. The predicted octanol–water partition coefficient (Wildman–Crippen LogP) is 1.49. The molecule has 0 aliphatic carbocycles. The molecule has 96 valence electrons. The molecule has 1 atom stereocenters. The highest BCUT2D eigenvalue weighted by Gasteiger charge is 2.32. The Hall–Kier alpha value is -1.75. The van der Waals surface area contributed by atoms with Gasteiger partial charge in [0.05, 0.1) is 10.7 Å². The highest BCUT2D eigenvalue weighted by Crippen LogP contribution is 2.32. The molecule has 1 saturated heterocycles. The average molecular weight is 269 g/mol. The topological polar surface area (TPSA) is 83.6 Å². The van der Waals surface area contributed by atoms with Crippen molar-refractivity contribution in [1.29, 1.82) is 0 Å². The summed E-state index contributed by atoms with van der Waals surface area (Å²) in [6, 6.07) is 4.38. The first-order valence-corrected chi connectivity index (χ1v) is 5.98. The normalized spacial score (nSPS) is 18.9. The van der Waals surface area contributed by atoms with Crippen LogP contribution in [0.3, 0.4) is 0 Å². The number of rotatable bonds is 3. The van der Waals surface area contributed by atoms with Gasteiger partial charge in [0.15, 0.2) is 0 Å². The quantitative estimate of drug-likeness (QED) is 0.870. The second kappa shape index (κ2) is 4.86. The highest BCUT2D eigenvalue weighted by atomic mass is 35.5. The molecule has 1 aliphatic heterocycles. The van der Waals surface area contributed by atoms with E-state index in [1.165, 1.54) is 6.07 Å². The third-order valence-corrected chi connectivity index (χ3v) is 3.41. The molecule has 18 heavy (non-hydrogen) atoms. The Morgan fingerprint density at radius 1 is 1.44 bits per heavy atom. The first-order valence-electron chi connectivity index (χ1n) is 5.60. The summed E-state index contributed by atoms with van der Waals surface area (Å²) in [6.45, 7) is 0.605. The van der Waals surface area contributed by atoms with E-state index in [2.05, 4.69) is 0 Å². The molecule has 1 aromatic carbocycles. The maximum absolute atomic E-state index is 11.4. The summed E-state index contributed by atoms with van der Waals surface area (Å²) in [6.07, 6.45) is 1.44. The number of benzene rings is 1. The van der Waals surface area contributed by atoms with Crippen LogP contribution in [0.2, 0.25) is 5.02 Å². The van der Waals surface area contributed by atoms with E-state index in [9.17, 15) is 14.7 Å². The Morgan fingerprint density at radius 2 is 2.17 bits per heavy atom. The number of amides is 1. The molecule has 0 bridgehead atoms. The van der Waals surface area contributed by atoms with Crippen LogP contribution in [0.1, 0.15) is 23.2 Å². The molecule has 1 amide bonds. The molecule has 1 unspecified atom stereocenters. The molecule has 0 aromatic heterocycles. The monoisotopic (exact) mass is 268 g/mol. The van der Waals surface area contributed by atoms with E-state index in [-0.39, 0.29) is 10.6 Å². The van der Waals surface area contributed by atoms with Crippen LogP contribution < -0.4 is 10.6 Å². The lowest BCUT2D eigenvalue weighted by Crippen LogP contribution is -2.41. The number of hydrogen-bond donors (Lipinski definition) is 2. The first-order chi connectivity index (χ1) is 8.52. The van der Waals surface area contributed by atoms with Crippen molar-refractivity contribution in [3.8, 4) is 0 Å². The van der Waals surface area contributed by atoms with E-state index in [0.717, 1.165) is 6.42 Å². The number of nitrogens with zero attached hydrogens (tertiary/aromatic N) is 1. The zero-order valence-electron chi connectivity index (χ0n) is 9.60. The number of nitrogens with two attached hydrogens (primary N) is 1. The van der Waals surface area contributed by atoms with E-state index in [1.54, 1.807) is 17.0 Å². The number of carboxylic acids is 1. The maximum atomic E-state index is 11.4. The molecule has 6 heteroatoms. The summed E-state index contributed by atoms with van der Waals surface area (Å²) in [5.74, 6) is -1.55. The Balaban J connectivity index is 2.48. The van der Waals surface area contributed by atoms with Gasteiger partial charge in [-0.25, -0.2) is 4.79 Å². The second-order valence-corrected chi connectivity index (χ2v) is 4.60. The van der Waals surface area contributed by atoms with Crippen molar-refractivity contribution in [2.24, 2.45) is 5.73 Å². The van der Waals surface area contributed by atoms with Gasteiger partial charge in [0.2, 0.25) is 5.91 Å². The van der Waals surface area contributed by atoms with Crippen LogP contribution in [0.5, 0.6) is 0 Å². The summed E-state index contributed by atoms with van der Waals surface area (Å²) in [5, 5.41) is 9.37. The van der Waals surface area contributed by atoms with Gasteiger partial charge in [0.1, 0.15) is 11.6 Å². The minimum atomic E-state index is -1.11. The molecule has 1 aliphatic rings. The molecular formula is C12H13ClN2O3. The van der Waals surface area contributed by atoms with Crippen LogP contribution in [-0.2, 0) is 4.79 Å². The average Bonchev–Trinajstić information content (AvgIpc) is 2.76. The Kier molecular flexibility index (Phi) is 3.43. The Labute approximate surface area is 109 Å². The van der Waals surface area contributed by atoms with Gasteiger partial charge >= 0.3 is 5.97 Å². The Morgan fingerprint density at radius 3 is 2.78 bits per heavy atom. The van der Waals surface area contributed by atoms with Crippen molar-refractivity contribution >= 4 is 29.2 Å². The standard InChI is InChI=1S/C12H13ClN2O3/c13-7-3-1-4-8(10(7)12(17)18)15-6-2-5-9(15)11(14)16/h1,3-4,9H,2,5-6H2,(H2,14,16)(H,17,18). The lowest BCUT2D eigenvalue weighted by atomic mass is 10.1. The molecule has 0 saturated carbocycles. The molecule has 1 fully saturated rings. The molecule has 0 radical (unpaired) electrons. The van der Waals surface area contributed by atoms with Gasteiger partial charge in [-0.05, 0) is 25.0 Å². The number of aromatic carboxylic acids is 1. The lowest BCUT2D eigenvalue weighted by molar-refractivity contribution is -0.119. The maximum Gasteiger partial charge on any atom is 0.339 e. The van der Waals surface area contributed by atoms with Crippen molar-refractivity contribution in [1.82, 2.24) is 0 Å². The molecule has 3 N–H and O–H groups in total. The number of carbonyl (C=O) groups excluding carboxylic acids is 1. The number of halogens is 1. The fourth-order valence-electron chi connectivity index (χ4n) is 2.31. The van der Waals surface area contributed by atoms with Crippen LogP contribution in [0.15, 0.2) is 18.2 Å². The summed E-state index contributed by atoms with van der Waals surface area (Å²) in [7, 11) is 0. The van der Waals surface area contributed by atoms with Crippen molar-refractivity contribution in [2.45, 2.75) is 18.9 Å². The van der Waals surface area contributed by atoms with Crippen LogP contribution in [0.4, 0.5) is 5.69 Å². The van der Waals surface area contributed by atoms with E-state index < -0.39 is 17.9 Å². The smallest absolute Gasteiger partial charge is 0.339 e. The third-order valence-electron chi connectivity index (χ3n) is 3.10. The third kappa shape index (κ3) is 2.13. The van der Waals surface area contributed by atoms with Gasteiger partial charge in [-0.2, -0.15) is 0 Å². The second-order valence-electron chi connectivity index (χ2n) is 4.19. The van der Waals surface area contributed by atoms with Crippen molar-refractivity contribution in [3.05, 3.63) is 28.8 Å². The molecular weight excluding hydrogens is 256 g/mol. The van der Waals surface area contributed by atoms with Gasteiger partial charge < -0.3 is 15.7 Å². The first kappa shape index (κ1) is 12.7. The number of carboxylic acid groups (broad SMARTS) is 1. The molecule has 1 heterocycles. The summed E-state index contributed by atoms with van der Waals surface area (Å²) < 4.78 is 0. The van der Waals surface area contributed by atoms with Crippen molar-refractivity contribution in [2.75, 3.05) is 11.4 Å². The molecule has 2 rings (SSSR count). The van der Waals surface area contributed by atoms with Crippen molar-refractivity contribution in [3.63, 3.8) is 0 Å². The number of carbonyl (C=O) groups is 2. The van der Waals surface area contributed by atoms with E-state index >= 15 is 0 Å². The van der Waals surface area contributed by atoms with Gasteiger partial charge in [0.25, 0.3) is 0 Å².